The Balaban J connectivity index is 3.06. The van der Waals surface area contributed by atoms with Crippen molar-refractivity contribution in [3.05, 3.63) is 23.5 Å². The number of pyridine rings is 1. The molecule has 0 unspecified atom stereocenters. The molecule has 3 nitrogen and oxygen atoms in total. The Morgan fingerprint density at radius 3 is 2.91 bits per heavy atom. The number of methoxy groups -OCH3 is 1. The summed E-state index contributed by atoms with van der Waals surface area (Å²) < 4.78 is 5.07. The molecule has 3 heteroatoms. The first-order valence-corrected chi connectivity index (χ1v) is 3.47. The molecular formula is C8H12N2O. The second-order valence-electron chi connectivity index (χ2n) is 2.37. The van der Waals surface area contributed by atoms with Crippen molar-refractivity contribution in [2.45, 2.75) is 13.5 Å². The van der Waals surface area contributed by atoms with Gasteiger partial charge >= 0.3 is 0 Å². The molecule has 0 saturated carbocycles. The molecule has 1 heterocycles. The van der Waals surface area contributed by atoms with Gasteiger partial charge in [0.15, 0.2) is 0 Å². The zero-order valence-corrected chi connectivity index (χ0v) is 6.79. The van der Waals surface area contributed by atoms with Crippen LogP contribution in [0.3, 0.4) is 0 Å². The summed E-state index contributed by atoms with van der Waals surface area (Å²) in [6.07, 6.45) is 1.78. The molecule has 0 spiro atoms. The van der Waals surface area contributed by atoms with E-state index in [1.54, 1.807) is 13.3 Å². The van der Waals surface area contributed by atoms with Gasteiger partial charge in [0, 0.05) is 12.7 Å². The van der Waals surface area contributed by atoms with Crippen LogP contribution < -0.4 is 10.5 Å². The molecule has 0 aliphatic rings. The molecule has 0 radical (unpaired) electrons. The van der Waals surface area contributed by atoms with E-state index in [4.69, 9.17) is 10.5 Å². The highest BCUT2D eigenvalue weighted by Gasteiger charge is 2.00. The molecular weight excluding hydrogens is 140 g/mol. The molecule has 0 bridgehead atoms. The van der Waals surface area contributed by atoms with E-state index < -0.39 is 0 Å². The summed E-state index contributed by atoms with van der Waals surface area (Å²) in [5.74, 6) is 0.771. The third-order valence-electron chi connectivity index (χ3n) is 1.48. The minimum Gasteiger partial charge on any atom is -0.495 e. The summed E-state index contributed by atoms with van der Waals surface area (Å²) in [7, 11) is 1.62. The lowest BCUT2D eigenvalue weighted by Crippen LogP contribution is -2.02. The van der Waals surface area contributed by atoms with Gasteiger partial charge in [-0.05, 0) is 18.6 Å². The maximum Gasteiger partial charge on any atom is 0.141 e. The quantitative estimate of drug-likeness (QED) is 0.683. The van der Waals surface area contributed by atoms with Crippen molar-refractivity contribution in [2.24, 2.45) is 5.73 Å². The third kappa shape index (κ3) is 1.68. The van der Waals surface area contributed by atoms with Crippen molar-refractivity contribution < 1.29 is 4.74 Å². The average molecular weight is 152 g/mol. The summed E-state index contributed by atoms with van der Waals surface area (Å²) in [4.78, 5) is 4.12. The molecule has 1 aromatic heterocycles. The fourth-order valence-corrected chi connectivity index (χ4v) is 0.901. The van der Waals surface area contributed by atoms with Gasteiger partial charge in [-0.25, -0.2) is 0 Å². The Kier molecular flexibility index (Phi) is 2.44. The Morgan fingerprint density at radius 1 is 1.64 bits per heavy atom. The molecule has 0 atom stereocenters. The Hall–Kier alpha value is -1.09. The fraction of sp³-hybridized carbons (Fsp3) is 0.375. The van der Waals surface area contributed by atoms with Crippen LogP contribution in [0.2, 0.25) is 0 Å². The van der Waals surface area contributed by atoms with Crippen LogP contribution >= 0.6 is 0 Å². The van der Waals surface area contributed by atoms with Crippen LogP contribution in [0.25, 0.3) is 0 Å². The molecule has 1 rings (SSSR count). The largest absolute Gasteiger partial charge is 0.495 e. The fourth-order valence-electron chi connectivity index (χ4n) is 0.901. The van der Waals surface area contributed by atoms with Gasteiger partial charge in [0.1, 0.15) is 5.75 Å². The second kappa shape index (κ2) is 3.34. The predicted molar refractivity (Wildman–Crippen MR) is 43.4 cm³/mol. The molecule has 0 aliphatic heterocycles. The first-order valence-electron chi connectivity index (χ1n) is 3.47. The molecule has 0 fully saturated rings. The molecule has 0 saturated heterocycles. The number of aryl methyl sites for hydroxylation is 1. The van der Waals surface area contributed by atoms with E-state index in [1.165, 1.54) is 0 Å². The third-order valence-corrected chi connectivity index (χ3v) is 1.48. The molecule has 1 aromatic rings. The van der Waals surface area contributed by atoms with E-state index >= 15 is 0 Å². The van der Waals surface area contributed by atoms with Gasteiger partial charge in [-0.15, -0.1) is 0 Å². The number of ether oxygens (including phenoxy) is 1. The van der Waals surface area contributed by atoms with Crippen LogP contribution in [0.15, 0.2) is 12.3 Å². The van der Waals surface area contributed by atoms with Gasteiger partial charge in [-0.3, -0.25) is 4.98 Å². The molecule has 2 N–H and O–H groups in total. The highest BCUT2D eigenvalue weighted by Crippen LogP contribution is 2.15. The van der Waals surface area contributed by atoms with Crippen LogP contribution in [0, 0.1) is 6.92 Å². The predicted octanol–water partition coefficient (Wildman–Crippen LogP) is 0.857. The maximum atomic E-state index is 5.43. The van der Waals surface area contributed by atoms with Gasteiger partial charge in [-0.1, -0.05) is 0 Å². The van der Waals surface area contributed by atoms with Gasteiger partial charge in [0.05, 0.1) is 12.8 Å². The summed E-state index contributed by atoms with van der Waals surface area (Å²) in [5.41, 5.74) is 7.32. The molecule has 60 valence electrons. The van der Waals surface area contributed by atoms with Crippen LogP contribution in [-0.4, -0.2) is 12.1 Å². The van der Waals surface area contributed by atoms with Crippen LogP contribution in [0.5, 0.6) is 5.75 Å². The zero-order chi connectivity index (χ0) is 8.27. The summed E-state index contributed by atoms with van der Waals surface area (Å²) in [6.45, 7) is 2.39. The van der Waals surface area contributed by atoms with Crippen molar-refractivity contribution in [3.8, 4) is 5.75 Å². The zero-order valence-electron chi connectivity index (χ0n) is 6.79. The number of nitrogens with zero attached hydrogens (tertiary/aromatic N) is 1. The lowest BCUT2D eigenvalue weighted by Gasteiger charge is -2.05. The topological polar surface area (TPSA) is 48.1 Å². The monoisotopic (exact) mass is 152 g/mol. The van der Waals surface area contributed by atoms with Gasteiger partial charge in [0.2, 0.25) is 0 Å². The Bertz CT molecular complexity index is 248. The van der Waals surface area contributed by atoms with Crippen molar-refractivity contribution in [2.75, 3.05) is 7.11 Å². The van der Waals surface area contributed by atoms with Crippen molar-refractivity contribution >= 4 is 0 Å². The van der Waals surface area contributed by atoms with Gasteiger partial charge in [0.25, 0.3) is 0 Å². The standard InChI is InChI=1S/C8H12N2O/c1-6-3-8(11-2)7(4-9)10-5-6/h3,5H,4,9H2,1-2H3. The van der Waals surface area contributed by atoms with E-state index in [0.29, 0.717) is 6.54 Å². The number of aromatic nitrogens is 1. The van der Waals surface area contributed by atoms with E-state index in [9.17, 15) is 0 Å². The number of hydrogen-bond acceptors (Lipinski definition) is 3. The van der Waals surface area contributed by atoms with Crippen molar-refractivity contribution in [1.29, 1.82) is 0 Å². The van der Waals surface area contributed by atoms with Crippen LogP contribution in [0.1, 0.15) is 11.3 Å². The lowest BCUT2D eigenvalue weighted by atomic mass is 10.2. The minimum absolute atomic E-state index is 0.420. The van der Waals surface area contributed by atoms with E-state index in [2.05, 4.69) is 4.98 Å². The first-order chi connectivity index (χ1) is 5.27. The number of hydrogen-bond donors (Lipinski definition) is 1. The highest BCUT2D eigenvalue weighted by atomic mass is 16.5. The number of rotatable bonds is 2. The summed E-state index contributed by atoms with van der Waals surface area (Å²) in [6, 6.07) is 1.93. The molecule has 0 aliphatic carbocycles. The second-order valence-corrected chi connectivity index (χ2v) is 2.37. The Morgan fingerprint density at radius 2 is 2.36 bits per heavy atom. The van der Waals surface area contributed by atoms with Crippen molar-refractivity contribution in [3.63, 3.8) is 0 Å². The Labute approximate surface area is 66.2 Å². The number of nitrogens with two attached hydrogens (primary N) is 1. The SMILES string of the molecule is COc1cc(C)cnc1CN. The van der Waals surface area contributed by atoms with E-state index in [0.717, 1.165) is 17.0 Å². The smallest absolute Gasteiger partial charge is 0.141 e. The lowest BCUT2D eigenvalue weighted by molar-refractivity contribution is 0.406. The van der Waals surface area contributed by atoms with Crippen LogP contribution in [-0.2, 0) is 6.54 Å². The average Bonchev–Trinajstić information content (AvgIpc) is 2.04. The maximum absolute atomic E-state index is 5.43. The van der Waals surface area contributed by atoms with Crippen LogP contribution in [0.4, 0.5) is 0 Å². The normalized spacial score (nSPS) is 9.73. The molecule has 0 aromatic carbocycles. The molecule has 0 amide bonds. The molecule has 11 heavy (non-hydrogen) atoms. The van der Waals surface area contributed by atoms with Gasteiger partial charge < -0.3 is 10.5 Å². The highest BCUT2D eigenvalue weighted by molar-refractivity contribution is 5.30. The first kappa shape index (κ1) is 8.01. The van der Waals surface area contributed by atoms with E-state index in [-0.39, 0.29) is 0 Å². The van der Waals surface area contributed by atoms with Crippen molar-refractivity contribution in [1.82, 2.24) is 4.98 Å². The van der Waals surface area contributed by atoms with Gasteiger partial charge in [-0.2, -0.15) is 0 Å². The summed E-state index contributed by atoms with van der Waals surface area (Å²) in [5, 5.41) is 0. The summed E-state index contributed by atoms with van der Waals surface area (Å²) >= 11 is 0. The minimum atomic E-state index is 0.420. The van der Waals surface area contributed by atoms with E-state index in [1.807, 2.05) is 13.0 Å².